The van der Waals surface area contributed by atoms with Crippen molar-refractivity contribution in [3.8, 4) is 5.75 Å². The molecule has 5 nitrogen and oxygen atoms in total. The number of thioether (sulfide) groups is 1. The van der Waals surface area contributed by atoms with Gasteiger partial charge >= 0.3 is 6.09 Å². The quantitative estimate of drug-likeness (QED) is 0.317. The number of carboxylic acid groups (broad SMARTS) is 1. The van der Waals surface area contributed by atoms with Gasteiger partial charge in [-0.15, -0.1) is 11.8 Å². The normalized spacial score (nSPS) is 19.8. The van der Waals surface area contributed by atoms with Crippen LogP contribution < -0.4 is 4.74 Å². The summed E-state index contributed by atoms with van der Waals surface area (Å²) in [5.74, 6) is 0.548. The molecule has 3 aromatic rings. The van der Waals surface area contributed by atoms with E-state index in [4.69, 9.17) is 16.3 Å². The van der Waals surface area contributed by atoms with Crippen LogP contribution in [0.1, 0.15) is 22.8 Å². The van der Waals surface area contributed by atoms with E-state index in [2.05, 4.69) is 33.0 Å². The number of halogens is 3. The van der Waals surface area contributed by atoms with E-state index in [1.807, 2.05) is 36.4 Å². The van der Waals surface area contributed by atoms with E-state index in [0.717, 1.165) is 26.2 Å². The van der Waals surface area contributed by atoms with Crippen molar-refractivity contribution < 1.29 is 19.0 Å². The zero-order chi connectivity index (χ0) is 25.2. The number of ether oxygens (including phenoxy) is 1. The molecule has 1 aliphatic carbocycles. The summed E-state index contributed by atoms with van der Waals surface area (Å²) in [6.45, 7) is 2.04. The summed E-state index contributed by atoms with van der Waals surface area (Å²) in [5.41, 5.74) is 3.20. The molecule has 1 aliphatic heterocycles. The molecule has 2 aliphatic rings. The lowest BCUT2D eigenvalue weighted by atomic mass is 10.1. The molecular formula is C27H25BrClFN2O3S. The first-order chi connectivity index (χ1) is 17.4. The average Bonchev–Trinajstić information content (AvgIpc) is 3.23. The predicted molar refractivity (Wildman–Crippen MR) is 144 cm³/mol. The molecule has 0 radical (unpaired) electrons. The number of fused-ring (bicyclic) bond motifs is 1. The number of hydrogen-bond acceptors (Lipinski definition) is 4. The van der Waals surface area contributed by atoms with Crippen LogP contribution in [0.4, 0.5) is 9.18 Å². The molecule has 1 heterocycles. The molecule has 2 unspecified atom stereocenters. The maximum Gasteiger partial charge on any atom is 0.407 e. The van der Waals surface area contributed by atoms with Crippen molar-refractivity contribution in [2.24, 2.45) is 0 Å². The van der Waals surface area contributed by atoms with Crippen molar-refractivity contribution in [1.82, 2.24) is 9.80 Å². The standard InChI is InChI=1S/C27H25BrClFN2O3S/c28-22-13-18(29)12-21-20(22)15-24(31-8-10-32(11-9-31)27(33)34)26(21)35-25-7-6-19(14-23(25)30)36-16-17-4-2-1-3-5-17/h1-7,12-14,24,26H,8-11,15-16H2,(H,33,34). The first-order valence-electron chi connectivity index (χ1n) is 11.7. The van der Waals surface area contributed by atoms with Gasteiger partial charge in [-0.2, -0.15) is 0 Å². The molecule has 2 atom stereocenters. The Kier molecular flexibility index (Phi) is 7.76. The van der Waals surface area contributed by atoms with Crippen LogP contribution >= 0.6 is 39.3 Å². The summed E-state index contributed by atoms with van der Waals surface area (Å²) in [7, 11) is 0. The van der Waals surface area contributed by atoms with E-state index in [0.29, 0.717) is 37.6 Å². The van der Waals surface area contributed by atoms with Gasteiger partial charge in [-0.05, 0) is 53.4 Å². The number of amides is 1. The predicted octanol–water partition coefficient (Wildman–Crippen LogP) is 6.87. The van der Waals surface area contributed by atoms with Gasteiger partial charge in [0.2, 0.25) is 0 Å². The number of hydrogen-bond donors (Lipinski definition) is 1. The fourth-order valence-electron chi connectivity index (χ4n) is 4.87. The Hall–Kier alpha value is -2.26. The summed E-state index contributed by atoms with van der Waals surface area (Å²) in [6, 6.07) is 18.9. The Balaban J connectivity index is 1.36. The van der Waals surface area contributed by atoms with Gasteiger partial charge in [-0.25, -0.2) is 9.18 Å². The molecule has 0 bridgehead atoms. The minimum atomic E-state index is -0.904. The highest BCUT2D eigenvalue weighted by Crippen LogP contribution is 2.43. The van der Waals surface area contributed by atoms with Crippen LogP contribution in [0.25, 0.3) is 0 Å². The van der Waals surface area contributed by atoms with Crippen LogP contribution in [0.15, 0.2) is 70.0 Å². The van der Waals surface area contributed by atoms with Crippen LogP contribution in [0.5, 0.6) is 5.75 Å². The summed E-state index contributed by atoms with van der Waals surface area (Å²) in [6.07, 6.45) is -0.625. The molecule has 1 saturated heterocycles. The largest absolute Gasteiger partial charge is 0.481 e. The van der Waals surface area contributed by atoms with E-state index >= 15 is 4.39 Å². The van der Waals surface area contributed by atoms with Crippen molar-refractivity contribution in [2.45, 2.75) is 29.2 Å². The smallest absolute Gasteiger partial charge is 0.407 e. The second-order valence-corrected chi connectivity index (χ2v) is 11.3. The van der Waals surface area contributed by atoms with Gasteiger partial charge in [0, 0.05) is 46.3 Å². The third-order valence-electron chi connectivity index (χ3n) is 6.72. The number of piperazine rings is 1. The Labute approximate surface area is 227 Å². The van der Waals surface area contributed by atoms with Crippen molar-refractivity contribution in [1.29, 1.82) is 0 Å². The number of benzene rings is 3. The molecule has 1 N–H and O–H groups in total. The van der Waals surface area contributed by atoms with Gasteiger partial charge in [0.15, 0.2) is 11.6 Å². The molecule has 3 aromatic carbocycles. The van der Waals surface area contributed by atoms with Gasteiger partial charge in [-0.1, -0.05) is 57.9 Å². The molecule has 5 rings (SSSR count). The summed E-state index contributed by atoms with van der Waals surface area (Å²) >= 11 is 11.6. The molecule has 1 fully saturated rings. The minimum Gasteiger partial charge on any atom is -0.481 e. The zero-order valence-corrected chi connectivity index (χ0v) is 22.5. The fraction of sp³-hybridized carbons (Fsp3) is 0.296. The molecule has 0 aromatic heterocycles. The maximum atomic E-state index is 15.2. The molecule has 36 heavy (non-hydrogen) atoms. The van der Waals surface area contributed by atoms with Crippen LogP contribution in [-0.4, -0.2) is 53.2 Å². The van der Waals surface area contributed by atoms with Crippen LogP contribution in [0.2, 0.25) is 5.02 Å². The monoisotopic (exact) mass is 590 g/mol. The lowest BCUT2D eigenvalue weighted by molar-refractivity contribution is 0.0383. The second-order valence-electron chi connectivity index (χ2n) is 8.94. The van der Waals surface area contributed by atoms with E-state index in [1.165, 1.54) is 16.5 Å². The molecule has 0 spiro atoms. The van der Waals surface area contributed by atoms with Gasteiger partial charge in [0.25, 0.3) is 0 Å². The van der Waals surface area contributed by atoms with Crippen molar-refractivity contribution in [3.63, 3.8) is 0 Å². The first-order valence-corrected chi connectivity index (χ1v) is 13.9. The number of rotatable bonds is 6. The lowest BCUT2D eigenvalue weighted by Crippen LogP contribution is -2.53. The van der Waals surface area contributed by atoms with Gasteiger partial charge in [0.05, 0.1) is 6.04 Å². The highest BCUT2D eigenvalue weighted by Gasteiger charge is 2.41. The van der Waals surface area contributed by atoms with Gasteiger partial charge < -0.3 is 14.7 Å². The van der Waals surface area contributed by atoms with Crippen LogP contribution in [0, 0.1) is 5.82 Å². The van der Waals surface area contributed by atoms with Gasteiger partial charge in [0.1, 0.15) is 6.10 Å². The minimum absolute atomic E-state index is 0.0581. The molecule has 1 amide bonds. The Morgan fingerprint density at radius 1 is 1.11 bits per heavy atom. The Morgan fingerprint density at radius 3 is 2.56 bits per heavy atom. The molecule has 0 saturated carbocycles. The fourth-order valence-corrected chi connectivity index (χ4v) is 6.74. The van der Waals surface area contributed by atoms with Gasteiger partial charge in [-0.3, -0.25) is 4.90 Å². The SMILES string of the molecule is O=C(O)N1CCN(C2Cc3c(Br)cc(Cl)cc3C2Oc2ccc(SCc3ccccc3)cc2F)CC1. The maximum absolute atomic E-state index is 15.2. The highest BCUT2D eigenvalue weighted by atomic mass is 79.9. The molecule has 9 heteroatoms. The third kappa shape index (κ3) is 5.52. The van der Waals surface area contributed by atoms with Crippen molar-refractivity contribution in [3.05, 3.63) is 92.7 Å². The second kappa shape index (κ2) is 11.0. The first kappa shape index (κ1) is 25.4. The average molecular weight is 592 g/mol. The third-order valence-corrected chi connectivity index (χ3v) is 8.71. The Morgan fingerprint density at radius 2 is 1.86 bits per heavy atom. The van der Waals surface area contributed by atoms with Crippen LogP contribution in [-0.2, 0) is 12.2 Å². The van der Waals surface area contributed by atoms with Crippen molar-refractivity contribution >= 4 is 45.4 Å². The van der Waals surface area contributed by atoms with Crippen LogP contribution in [0.3, 0.4) is 0 Å². The van der Waals surface area contributed by atoms with E-state index in [1.54, 1.807) is 17.8 Å². The summed E-state index contributed by atoms with van der Waals surface area (Å²) in [5, 5.41) is 9.90. The summed E-state index contributed by atoms with van der Waals surface area (Å²) in [4.78, 5) is 15.9. The molecule has 188 valence electrons. The van der Waals surface area contributed by atoms with E-state index in [9.17, 15) is 9.90 Å². The number of carbonyl (C=O) groups is 1. The van der Waals surface area contributed by atoms with E-state index in [-0.39, 0.29) is 11.8 Å². The highest BCUT2D eigenvalue weighted by molar-refractivity contribution is 9.10. The lowest BCUT2D eigenvalue weighted by Gasteiger charge is -2.39. The topological polar surface area (TPSA) is 53.0 Å². The zero-order valence-electron chi connectivity index (χ0n) is 19.4. The van der Waals surface area contributed by atoms with E-state index < -0.39 is 18.0 Å². The molecular weight excluding hydrogens is 567 g/mol. The van der Waals surface area contributed by atoms with Crippen molar-refractivity contribution in [2.75, 3.05) is 26.2 Å². The Bertz CT molecular complexity index is 1260. The summed E-state index contributed by atoms with van der Waals surface area (Å²) < 4.78 is 22.5. The number of nitrogens with zero attached hydrogens (tertiary/aromatic N) is 2.